The van der Waals surface area contributed by atoms with Gasteiger partial charge in [0.15, 0.2) is 4.34 Å². The van der Waals surface area contributed by atoms with Gasteiger partial charge >= 0.3 is 6.18 Å². The number of hydrogen-bond donors (Lipinski definition) is 1. The Morgan fingerprint density at radius 2 is 2.06 bits per heavy atom. The molecule has 0 radical (unpaired) electrons. The summed E-state index contributed by atoms with van der Waals surface area (Å²) < 4.78 is 38.4. The Kier molecular flexibility index (Phi) is 4.57. The molecule has 0 spiro atoms. The minimum Gasteiger partial charge on any atom is -0.326 e. The van der Waals surface area contributed by atoms with Gasteiger partial charge in [-0.2, -0.15) is 13.2 Å². The molecule has 0 aliphatic heterocycles. The van der Waals surface area contributed by atoms with Crippen LogP contribution >= 0.6 is 23.1 Å². The van der Waals surface area contributed by atoms with Gasteiger partial charge < -0.3 is 5.73 Å². The highest BCUT2D eigenvalue weighted by Gasteiger charge is 2.44. The van der Waals surface area contributed by atoms with Crippen molar-refractivity contribution < 1.29 is 13.2 Å². The fourth-order valence-electron chi connectivity index (χ4n) is 1.05. The van der Waals surface area contributed by atoms with Crippen molar-refractivity contribution in [3.05, 3.63) is 5.01 Å². The lowest BCUT2D eigenvalue weighted by atomic mass is 10.1. The lowest BCUT2D eigenvalue weighted by Crippen LogP contribution is -2.42. The molecule has 0 aromatic carbocycles. The van der Waals surface area contributed by atoms with E-state index in [-0.39, 0.29) is 6.42 Å². The fourth-order valence-corrected chi connectivity index (χ4v) is 3.13. The van der Waals surface area contributed by atoms with Gasteiger partial charge in [-0.1, -0.05) is 30.0 Å². The molecule has 1 aromatic heterocycles. The second-order valence-corrected chi connectivity index (χ2v) is 5.81. The van der Waals surface area contributed by atoms with Gasteiger partial charge in [0.1, 0.15) is 10.3 Å². The van der Waals surface area contributed by atoms with Gasteiger partial charge in [-0.25, -0.2) is 0 Å². The second kappa shape index (κ2) is 5.33. The lowest BCUT2D eigenvalue weighted by molar-refractivity contribution is -0.132. The molecule has 1 rings (SSSR count). The lowest BCUT2D eigenvalue weighted by Gasteiger charge is -2.23. The van der Waals surface area contributed by atoms with Crippen LogP contribution in [0.15, 0.2) is 4.34 Å². The van der Waals surface area contributed by atoms with E-state index >= 15 is 0 Å². The molecule has 0 saturated heterocycles. The normalized spacial score (nSPS) is 16.1. The molecule has 2 atom stereocenters. The highest BCUT2D eigenvalue weighted by Crippen LogP contribution is 2.38. The van der Waals surface area contributed by atoms with Crippen LogP contribution in [0.2, 0.25) is 0 Å². The molecule has 2 unspecified atom stereocenters. The van der Waals surface area contributed by atoms with E-state index in [1.54, 1.807) is 13.8 Å². The van der Waals surface area contributed by atoms with Crippen LogP contribution in [0, 0.1) is 6.92 Å². The number of nitrogens with zero attached hydrogens (tertiary/aromatic N) is 2. The van der Waals surface area contributed by atoms with Gasteiger partial charge in [-0.15, -0.1) is 10.2 Å². The first-order valence-electron chi connectivity index (χ1n) is 4.63. The Balaban J connectivity index is 2.79. The first kappa shape index (κ1) is 13.7. The van der Waals surface area contributed by atoms with Gasteiger partial charge in [-0.3, -0.25) is 0 Å². The first-order chi connectivity index (χ1) is 7.34. The van der Waals surface area contributed by atoms with Crippen LogP contribution in [0.1, 0.15) is 18.4 Å². The highest BCUT2D eigenvalue weighted by molar-refractivity contribution is 8.01. The van der Waals surface area contributed by atoms with Crippen molar-refractivity contribution >= 4 is 23.1 Å². The average Bonchev–Trinajstić information content (AvgIpc) is 2.57. The maximum absolute atomic E-state index is 12.7. The van der Waals surface area contributed by atoms with Crippen molar-refractivity contribution in [2.45, 2.75) is 42.1 Å². The van der Waals surface area contributed by atoms with Crippen molar-refractivity contribution in [1.82, 2.24) is 10.2 Å². The summed E-state index contributed by atoms with van der Waals surface area (Å²) in [5.41, 5.74) is 5.47. The number of hydrogen-bond acceptors (Lipinski definition) is 5. The van der Waals surface area contributed by atoms with Crippen molar-refractivity contribution in [1.29, 1.82) is 0 Å². The summed E-state index contributed by atoms with van der Waals surface area (Å²) in [4.78, 5) is 0. The maximum Gasteiger partial charge on any atom is 0.402 e. The third-order valence-corrected chi connectivity index (χ3v) is 4.24. The Bertz CT molecular complexity index is 340. The number of thioether (sulfide) groups is 1. The number of aryl methyl sites for hydroxylation is 1. The zero-order valence-electron chi connectivity index (χ0n) is 8.78. The quantitative estimate of drug-likeness (QED) is 0.855. The molecule has 1 heterocycles. The maximum atomic E-state index is 12.7. The molecule has 92 valence electrons. The number of halogens is 3. The topological polar surface area (TPSA) is 51.8 Å². The third kappa shape index (κ3) is 3.60. The van der Waals surface area contributed by atoms with Crippen LogP contribution in [-0.2, 0) is 0 Å². The van der Waals surface area contributed by atoms with E-state index in [1.807, 2.05) is 0 Å². The van der Waals surface area contributed by atoms with Gasteiger partial charge in [0.05, 0.1) is 0 Å². The molecule has 8 heteroatoms. The Morgan fingerprint density at radius 1 is 1.44 bits per heavy atom. The SMILES string of the molecule is CCC(N)C(Sc1nnc(C)s1)C(F)(F)F. The number of alkyl halides is 3. The van der Waals surface area contributed by atoms with Crippen LogP contribution in [0.3, 0.4) is 0 Å². The summed E-state index contributed by atoms with van der Waals surface area (Å²) >= 11 is 1.79. The molecule has 3 nitrogen and oxygen atoms in total. The summed E-state index contributed by atoms with van der Waals surface area (Å²) in [6.07, 6.45) is -4.05. The first-order valence-corrected chi connectivity index (χ1v) is 6.33. The van der Waals surface area contributed by atoms with Crippen molar-refractivity contribution in [2.24, 2.45) is 5.73 Å². The molecule has 0 amide bonds. The van der Waals surface area contributed by atoms with E-state index in [1.165, 1.54) is 0 Å². The van der Waals surface area contributed by atoms with Crippen molar-refractivity contribution in [3.8, 4) is 0 Å². The largest absolute Gasteiger partial charge is 0.402 e. The van der Waals surface area contributed by atoms with Crippen LogP contribution in [0.25, 0.3) is 0 Å². The Labute approximate surface area is 99.6 Å². The average molecular weight is 271 g/mol. The van der Waals surface area contributed by atoms with Gasteiger partial charge in [0.25, 0.3) is 0 Å². The molecule has 0 aliphatic carbocycles. The summed E-state index contributed by atoms with van der Waals surface area (Å²) in [7, 11) is 0. The smallest absolute Gasteiger partial charge is 0.326 e. The number of rotatable bonds is 4. The second-order valence-electron chi connectivity index (χ2n) is 3.24. The predicted molar refractivity (Wildman–Crippen MR) is 58.6 cm³/mol. The fraction of sp³-hybridized carbons (Fsp3) is 0.750. The highest BCUT2D eigenvalue weighted by atomic mass is 32.2. The van der Waals surface area contributed by atoms with Gasteiger partial charge in [0.2, 0.25) is 0 Å². The molecular formula is C8H12F3N3S2. The molecule has 0 aliphatic rings. The molecule has 16 heavy (non-hydrogen) atoms. The number of nitrogens with two attached hydrogens (primary N) is 1. The molecule has 1 aromatic rings. The summed E-state index contributed by atoms with van der Waals surface area (Å²) in [5.74, 6) is 0. The van der Waals surface area contributed by atoms with E-state index in [9.17, 15) is 13.2 Å². The molecule has 0 fully saturated rings. The molecule has 0 bridgehead atoms. The Hall–Kier alpha value is -0.340. The van der Waals surface area contributed by atoms with Crippen LogP contribution in [0.5, 0.6) is 0 Å². The van der Waals surface area contributed by atoms with E-state index in [0.717, 1.165) is 11.3 Å². The molecule has 2 N–H and O–H groups in total. The summed E-state index contributed by atoms with van der Waals surface area (Å²) in [6.45, 7) is 3.33. The minimum atomic E-state index is -4.32. The van der Waals surface area contributed by atoms with Gasteiger partial charge in [-0.05, 0) is 13.3 Å². The Morgan fingerprint density at radius 3 is 2.44 bits per heavy atom. The van der Waals surface area contributed by atoms with Crippen LogP contribution < -0.4 is 5.73 Å². The van der Waals surface area contributed by atoms with Crippen molar-refractivity contribution in [2.75, 3.05) is 0 Å². The van der Waals surface area contributed by atoms with Crippen molar-refractivity contribution in [3.63, 3.8) is 0 Å². The van der Waals surface area contributed by atoms with E-state index in [4.69, 9.17) is 5.73 Å². The zero-order chi connectivity index (χ0) is 12.3. The summed E-state index contributed by atoms with van der Waals surface area (Å²) in [5, 5.41) is 6.36. The zero-order valence-corrected chi connectivity index (χ0v) is 10.4. The summed E-state index contributed by atoms with van der Waals surface area (Å²) in [6, 6.07) is -0.922. The third-order valence-electron chi connectivity index (χ3n) is 1.92. The standard InChI is InChI=1S/C8H12F3N3S2/c1-3-5(12)6(8(9,10)11)16-7-14-13-4(2)15-7/h5-6H,3,12H2,1-2H3. The number of aromatic nitrogens is 2. The molecular weight excluding hydrogens is 259 g/mol. The molecule has 0 saturated carbocycles. The minimum absolute atomic E-state index is 0.273. The predicted octanol–water partition coefficient (Wildman–Crippen LogP) is 2.61. The monoisotopic (exact) mass is 271 g/mol. The van der Waals surface area contributed by atoms with Gasteiger partial charge in [0, 0.05) is 6.04 Å². The van der Waals surface area contributed by atoms with E-state index in [0.29, 0.717) is 21.1 Å². The van der Waals surface area contributed by atoms with Crippen LogP contribution in [0.4, 0.5) is 13.2 Å². The van der Waals surface area contributed by atoms with E-state index < -0.39 is 17.5 Å². The van der Waals surface area contributed by atoms with Crippen LogP contribution in [-0.4, -0.2) is 27.7 Å². The van der Waals surface area contributed by atoms with E-state index in [2.05, 4.69) is 10.2 Å².